The standard InChI is InChI=1S/C26H26FN3O3S/c1-18-8-10-19(11-9-18)23-16-22(24-7-4-14-34-24)28-30(23)25(31)17-29(12-13-33-2)26(32)20-5-3-6-21(27)15-20/h3-11,14-15,23H,12-13,16-17H2,1-2H3. The van der Waals surface area contributed by atoms with Crippen LogP contribution in [0.5, 0.6) is 0 Å². The Balaban J connectivity index is 1.60. The summed E-state index contributed by atoms with van der Waals surface area (Å²) in [6.07, 6.45) is 0.589. The molecule has 3 aromatic rings. The van der Waals surface area contributed by atoms with Crippen molar-refractivity contribution in [3.05, 3.63) is 93.4 Å². The van der Waals surface area contributed by atoms with Gasteiger partial charge >= 0.3 is 0 Å². The van der Waals surface area contributed by atoms with E-state index in [0.717, 1.165) is 21.7 Å². The normalized spacial score (nSPS) is 15.3. The number of nitrogens with zero attached hydrogens (tertiary/aromatic N) is 3. The molecule has 0 radical (unpaired) electrons. The highest BCUT2D eigenvalue weighted by molar-refractivity contribution is 7.12. The van der Waals surface area contributed by atoms with Crippen molar-refractivity contribution >= 4 is 28.9 Å². The molecular weight excluding hydrogens is 453 g/mol. The first-order valence-corrected chi connectivity index (χ1v) is 11.9. The van der Waals surface area contributed by atoms with Gasteiger partial charge in [-0.25, -0.2) is 9.40 Å². The number of rotatable bonds is 8. The summed E-state index contributed by atoms with van der Waals surface area (Å²) in [6.45, 7) is 2.27. The van der Waals surface area contributed by atoms with Crippen LogP contribution in [0.25, 0.3) is 0 Å². The highest BCUT2D eigenvalue weighted by atomic mass is 32.1. The van der Waals surface area contributed by atoms with Crippen molar-refractivity contribution in [1.29, 1.82) is 0 Å². The average Bonchev–Trinajstić information content (AvgIpc) is 3.52. The van der Waals surface area contributed by atoms with Gasteiger partial charge in [0.15, 0.2) is 0 Å². The highest BCUT2D eigenvalue weighted by Crippen LogP contribution is 2.34. The molecule has 2 amide bonds. The maximum atomic E-state index is 13.7. The summed E-state index contributed by atoms with van der Waals surface area (Å²) < 4.78 is 18.8. The Bertz CT molecular complexity index is 1180. The van der Waals surface area contributed by atoms with Crippen LogP contribution in [-0.4, -0.2) is 54.2 Å². The van der Waals surface area contributed by atoms with E-state index >= 15 is 0 Å². The first-order valence-electron chi connectivity index (χ1n) is 11.0. The number of hydrazone groups is 1. The number of methoxy groups -OCH3 is 1. The van der Waals surface area contributed by atoms with E-state index in [4.69, 9.17) is 4.74 Å². The second kappa shape index (κ2) is 10.7. The van der Waals surface area contributed by atoms with Crippen LogP contribution in [0.2, 0.25) is 0 Å². The lowest BCUT2D eigenvalue weighted by Crippen LogP contribution is -2.42. The minimum absolute atomic E-state index is 0.184. The lowest BCUT2D eigenvalue weighted by molar-refractivity contribution is -0.133. The monoisotopic (exact) mass is 479 g/mol. The molecule has 0 spiro atoms. The van der Waals surface area contributed by atoms with Crippen LogP contribution in [0.4, 0.5) is 4.39 Å². The van der Waals surface area contributed by atoms with Gasteiger partial charge in [0.05, 0.1) is 23.2 Å². The van der Waals surface area contributed by atoms with Gasteiger partial charge in [0, 0.05) is 25.6 Å². The largest absolute Gasteiger partial charge is 0.383 e. The van der Waals surface area contributed by atoms with Crippen LogP contribution < -0.4 is 0 Å². The van der Waals surface area contributed by atoms with Crippen LogP contribution >= 0.6 is 11.3 Å². The molecular formula is C26H26FN3O3S. The van der Waals surface area contributed by atoms with Gasteiger partial charge in [-0.2, -0.15) is 5.10 Å². The molecule has 0 aliphatic carbocycles. The molecule has 1 aromatic heterocycles. The Kier molecular flexibility index (Phi) is 7.49. The fourth-order valence-corrected chi connectivity index (χ4v) is 4.59. The van der Waals surface area contributed by atoms with Gasteiger partial charge in [0.1, 0.15) is 12.4 Å². The summed E-state index contributed by atoms with van der Waals surface area (Å²) in [7, 11) is 1.53. The molecule has 4 rings (SSSR count). The molecule has 1 aliphatic heterocycles. The predicted octanol–water partition coefficient (Wildman–Crippen LogP) is 4.66. The van der Waals surface area contributed by atoms with E-state index < -0.39 is 11.7 Å². The predicted molar refractivity (Wildman–Crippen MR) is 130 cm³/mol. The summed E-state index contributed by atoms with van der Waals surface area (Å²) in [4.78, 5) is 29.0. The van der Waals surface area contributed by atoms with E-state index in [9.17, 15) is 14.0 Å². The summed E-state index contributed by atoms with van der Waals surface area (Å²) in [5.74, 6) is -1.25. The van der Waals surface area contributed by atoms with Crippen molar-refractivity contribution in [2.45, 2.75) is 19.4 Å². The lowest BCUT2D eigenvalue weighted by atomic mass is 10.00. The highest BCUT2D eigenvalue weighted by Gasteiger charge is 2.34. The number of hydrogen-bond donors (Lipinski definition) is 0. The fraction of sp³-hybridized carbons (Fsp3) is 0.269. The van der Waals surface area contributed by atoms with E-state index in [-0.39, 0.29) is 37.2 Å². The number of benzene rings is 2. The summed E-state index contributed by atoms with van der Waals surface area (Å²) >= 11 is 1.58. The van der Waals surface area contributed by atoms with Gasteiger partial charge in [-0.3, -0.25) is 9.59 Å². The number of carbonyl (C=O) groups excluding carboxylic acids is 2. The molecule has 0 N–H and O–H groups in total. The minimum Gasteiger partial charge on any atom is -0.383 e. The van der Waals surface area contributed by atoms with Gasteiger partial charge < -0.3 is 9.64 Å². The number of ether oxygens (including phenoxy) is 1. The first kappa shape index (κ1) is 23.8. The van der Waals surface area contributed by atoms with E-state index in [1.807, 2.05) is 48.7 Å². The Morgan fingerprint density at radius 3 is 2.65 bits per heavy atom. The number of aryl methyl sites for hydroxylation is 1. The third-order valence-electron chi connectivity index (χ3n) is 5.68. The number of halogens is 1. The molecule has 1 unspecified atom stereocenters. The minimum atomic E-state index is -0.506. The second-order valence-corrected chi connectivity index (χ2v) is 9.07. The third kappa shape index (κ3) is 5.40. The van der Waals surface area contributed by atoms with Gasteiger partial charge in [0.25, 0.3) is 11.8 Å². The third-order valence-corrected chi connectivity index (χ3v) is 6.60. The van der Waals surface area contributed by atoms with Gasteiger partial charge in [-0.05, 0) is 42.1 Å². The zero-order valence-corrected chi connectivity index (χ0v) is 19.9. The summed E-state index contributed by atoms with van der Waals surface area (Å²) in [5.41, 5.74) is 3.14. The summed E-state index contributed by atoms with van der Waals surface area (Å²) in [5, 5.41) is 8.14. The van der Waals surface area contributed by atoms with E-state index in [2.05, 4.69) is 5.10 Å². The van der Waals surface area contributed by atoms with Crippen LogP contribution in [-0.2, 0) is 9.53 Å². The number of carbonyl (C=O) groups is 2. The van der Waals surface area contributed by atoms with Crippen molar-refractivity contribution in [2.75, 3.05) is 26.8 Å². The van der Waals surface area contributed by atoms with Crippen molar-refractivity contribution in [3.63, 3.8) is 0 Å². The van der Waals surface area contributed by atoms with Gasteiger partial charge in [-0.15, -0.1) is 11.3 Å². The molecule has 1 atom stereocenters. The van der Waals surface area contributed by atoms with Crippen molar-refractivity contribution < 1.29 is 18.7 Å². The molecule has 2 aromatic carbocycles. The number of amides is 2. The van der Waals surface area contributed by atoms with Crippen LogP contribution in [0.3, 0.4) is 0 Å². The van der Waals surface area contributed by atoms with Gasteiger partial charge in [0.2, 0.25) is 0 Å². The van der Waals surface area contributed by atoms with Crippen molar-refractivity contribution in [1.82, 2.24) is 9.91 Å². The first-order chi connectivity index (χ1) is 16.5. The molecule has 8 heteroatoms. The lowest BCUT2D eigenvalue weighted by Gasteiger charge is -2.27. The SMILES string of the molecule is COCCN(CC(=O)N1N=C(c2cccs2)CC1c1ccc(C)cc1)C(=O)c1cccc(F)c1. The maximum absolute atomic E-state index is 13.7. The molecule has 176 valence electrons. The van der Waals surface area contributed by atoms with E-state index in [0.29, 0.717) is 6.42 Å². The number of hydrogen-bond acceptors (Lipinski definition) is 5. The molecule has 0 saturated carbocycles. The molecule has 2 heterocycles. The van der Waals surface area contributed by atoms with Crippen LogP contribution in [0, 0.1) is 12.7 Å². The molecule has 0 fully saturated rings. The Labute approximate surface area is 202 Å². The van der Waals surface area contributed by atoms with Gasteiger partial charge in [-0.1, -0.05) is 42.0 Å². The molecule has 0 saturated heterocycles. The fourth-order valence-electron chi connectivity index (χ4n) is 3.87. The second-order valence-electron chi connectivity index (χ2n) is 8.12. The topological polar surface area (TPSA) is 62.2 Å². The maximum Gasteiger partial charge on any atom is 0.262 e. The zero-order valence-electron chi connectivity index (χ0n) is 19.1. The van der Waals surface area contributed by atoms with Crippen molar-refractivity contribution in [3.8, 4) is 0 Å². The molecule has 1 aliphatic rings. The zero-order chi connectivity index (χ0) is 24.1. The quantitative estimate of drug-likeness (QED) is 0.472. The van der Waals surface area contributed by atoms with E-state index in [1.165, 1.54) is 41.3 Å². The van der Waals surface area contributed by atoms with E-state index in [1.54, 1.807) is 11.3 Å². The average molecular weight is 480 g/mol. The number of thiophene rings is 1. The van der Waals surface area contributed by atoms with Crippen molar-refractivity contribution in [2.24, 2.45) is 5.10 Å². The Morgan fingerprint density at radius 1 is 1.18 bits per heavy atom. The molecule has 0 bridgehead atoms. The van der Waals surface area contributed by atoms with Crippen LogP contribution in [0.15, 0.2) is 71.1 Å². The van der Waals surface area contributed by atoms with Crippen LogP contribution in [0.1, 0.15) is 38.8 Å². The molecule has 6 nitrogen and oxygen atoms in total. The Hall–Kier alpha value is -3.36. The Morgan fingerprint density at radius 2 is 1.97 bits per heavy atom. The smallest absolute Gasteiger partial charge is 0.262 e. The summed E-state index contributed by atoms with van der Waals surface area (Å²) in [6, 6.07) is 17.2. The molecule has 34 heavy (non-hydrogen) atoms.